The summed E-state index contributed by atoms with van der Waals surface area (Å²) in [5.41, 5.74) is 0. The van der Waals surface area contributed by atoms with Crippen LogP contribution in [0.1, 0.15) is 73.6 Å². The van der Waals surface area contributed by atoms with Crippen LogP contribution in [0.15, 0.2) is 0 Å². The van der Waals surface area contributed by atoms with Crippen LogP contribution in [-0.2, 0) is 38.2 Å². The van der Waals surface area contributed by atoms with Crippen LogP contribution >= 0.6 is 0 Å². The molecule has 0 spiro atoms. The molecule has 2 saturated heterocycles. The van der Waals surface area contributed by atoms with Crippen molar-refractivity contribution in [3.63, 3.8) is 0 Å². The SMILES string of the molecule is CCCOCC1OC(=O)CCNC(=O)[C@H](C)N(C)C(=O)[C@H](C(C)C)N(C)C(=O)[C@H]([C@@H](C)CC)NC(=O)[C@@H]2CCCN2C1=O. The van der Waals surface area contributed by atoms with Crippen LogP contribution in [0.2, 0.25) is 0 Å². The second kappa shape index (κ2) is 16.6. The number of nitrogens with zero attached hydrogens (tertiary/aromatic N) is 3. The van der Waals surface area contributed by atoms with Crippen LogP contribution in [0, 0.1) is 11.8 Å². The van der Waals surface area contributed by atoms with Gasteiger partial charge in [0.05, 0.1) is 13.0 Å². The first-order valence-electron chi connectivity index (χ1n) is 15.5. The second-order valence-electron chi connectivity index (χ2n) is 11.9. The highest BCUT2D eigenvalue weighted by atomic mass is 16.6. The molecule has 2 aliphatic rings. The van der Waals surface area contributed by atoms with E-state index in [1.807, 2.05) is 34.6 Å². The molecule has 0 aromatic carbocycles. The Kier molecular flexibility index (Phi) is 13.9. The summed E-state index contributed by atoms with van der Waals surface area (Å²) in [5.74, 6) is -3.67. The monoisotopic (exact) mass is 609 g/mol. The third-order valence-corrected chi connectivity index (χ3v) is 8.37. The quantitative estimate of drug-likeness (QED) is 0.316. The van der Waals surface area contributed by atoms with Gasteiger partial charge in [-0.1, -0.05) is 41.0 Å². The van der Waals surface area contributed by atoms with Gasteiger partial charge in [-0.25, -0.2) is 0 Å². The van der Waals surface area contributed by atoms with E-state index in [9.17, 15) is 28.8 Å². The van der Waals surface area contributed by atoms with Crippen LogP contribution in [0.3, 0.4) is 0 Å². The van der Waals surface area contributed by atoms with E-state index in [1.165, 1.54) is 28.8 Å². The molecule has 1 unspecified atom stereocenters. The van der Waals surface area contributed by atoms with Gasteiger partial charge in [-0.3, -0.25) is 28.8 Å². The fourth-order valence-electron chi connectivity index (χ4n) is 5.39. The topological polar surface area (TPSA) is 155 Å². The molecule has 6 atom stereocenters. The highest BCUT2D eigenvalue weighted by molar-refractivity contribution is 5.96. The number of carbonyl (C=O) groups is 6. The van der Waals surface area contributed by atoms with Crippen molar-refractivity contribution in [1.29, 1.82) is 0 Å². The van der Waals surface area contributed by atoms with Gasteiger partial charge in [0.25, 0.3) is 5.91 Å². The van der Waals surface area contributed by atoms with Gasteiger partial charge in [-0.15, -0.1) is 0 Å². The Hall–Kier alpha value is -3.22. The summed E-state index contributed by atoms with van der Waals surface area (Å²) in [5, 5.41) is 5.53. The summed E-state index contributed by atoms with van der Waals surface area (Å²) in [4.78, 5) is 84.5. The number of cyclic esters (lactones) is 1. The number of esters is 1. The van der Waals surface area contributed by atoms with Gasteiger partial charge in [0.15, 0.2) is 0 Å². The van der Waals surface area contributed by atoms with Gasteiger partial charge in [0, 0.05) is 33.8 Å². The van der Waals surface area contributed by atoms with Crippen molar-refractivity contribution in [3.8, 4) is 0 Å². The standard InChI is InChI=1S/C30H51N5O8/c1-9-16-42-17-22-28(39)35-15-11-12-21(35)27(38)32-24(19(5)10-2)29(40)34(8)25(18(3)4)30(41)33(7)20(6)26(37)31-14-13-23(36)43-22/h18-22,24-25H,9-17H2,1-8H3,(H,31,37)(H,32,38)/t19-,20-,21-,22?,24-,25-/m0/s1. The minimum absolute atomic E-state index is 0.0713. The number of carbonyl (C=O) groups excluding carboxylic acids is 6. The van der Waals surface area contributed by atoms with Gasteiger partial charge in [-0.05, 0) is 38.0 Å². The average molecular weight is 610 g/mol. The first-order valence-corrected chi connectivity index (χ1v) is 15.5. The van der Waals surface area contributed by atoms with Gasteiger partial charge in [0.2, 0.25) is 29.7 Å². The Morgan fingerprint density at radius 2 is 1.63 bits per heavy atom. The summed E-state index contributed by atoms with van der Waals surface area (Å²) >= 11 is 0. The van der Waals surface area contributed by atoms with Crippen molar-refractivity contribution in [2.24, 2.45) is 11.8 Å². The maximum absolute atomic E-state index is 13.9. The number of ether oxygens (including phenoxy) is 2. The van der Waals surface area contributed by atoms with Gasteiger partial charge in [0.1, 0.15) is 24.2 Å². The zero-order valence-electron chi connectivity index (χ0n) is 27.0. The Morgan fingerprint density at radius 3 is 2.23 bits per heavy atom. The molecule has 2 heterocycles. The first-order chi connectivity index (χ1) is 20.3. The minimum Gasteiger partial charge on any atom is -0.450 e. The minimum atomic E-state index is -1.27. The number of rotatable bonds is 7. The Labute approximate surface area is 255 Å². The van der Waals surface area contributed by atoms with E-state index in [2.05, 4.69) is 10.6 Å². The third-order valence-electron chi connectivity index (χ3n) is 8.37. The fourth-order valence-corrected chi connectivity index (χ4v) is 5.39. The molecular weight excluding hydrogens is 558 g/mol. The van der Waals surface area contributed by atoms with Crippen molar-refractivity contribution in [2.45, 2.75) is 104 Å². The maximum Gasteiger partial charge on any atom is 0.308 e. The molecule has 2 rings (SSSR count). The van der Waals surface area contributed by atoms with Crippen LogP contribution in [0.4, 0.5) is 0 Å². The lowest BCUT2D eigenvalue weighted by molar-refractivity contribution is -0.165. The molecule has 0 aliphatic carbocycles. The molecule has 0 aromatic rings. The second-order valence-corrected chi connectivity index (χ2v) is 11.9. The number of fused-ring (bicyclic) bond motifs is 1. The lowest BCUT2D eigenvalue weighted by Gasteiger charge is -2.38. The van der Waals surface area contributed by atoms with Crippen LogP contribution < -0.4 is 10.6 Å². The Bertz CT molecular complexity index is 1020. The molecule has 13 heteroatoms. The van der Waals surface area contributed by atoms with E-state index in [0.29, 0.717) is 32.3 Å². The number of nitrogens with one attached hydrogen (secondary N) is 2. The summed E-state index contributed by atoms with van der Waals surface area (Å²) in [6, 6.07) is -3.62. The van der Waals surface area contributed by atoms with E-state index in [0.717, 1.165) is 0 Å². The zero-order valence-corrected chi connectivity index (χ0v) is 27.0. The van der Waals surface area contributed by atoms with Gasteiger partial charge in [-0.2, -0.15) is 0 Å². The average Bonchev–Trinajstić information content (AvgIpc) is 3.47. The van der Waals surface area contributed by atoms with E-state index in [-0.39, 0.29) is 38.0 Å². The molecule has 2 aliphatic heterocycles. The molecule has 0 saturated carbocycles. The van der Waals surface area contributed by atoms with Crippen molar-refractivity contribution in [1.82, 2.24) is 25.3 Å². The van der Waals surface area contributed by atoms with E-state index in [1.54, 1.807) is 6.92 Å². The normalized spacial score (nSPS) is 28.1. The predicted octanol–water partition coefficient (Wildman–Crippen LogP) is 0.697. The Balaban J connectivity index is 2.51. The van der Waals surface area contributed by atoms with E-state index < -0.39 is 65.8 Å². The number of hydrogen-bond acceptors (Lipinski definition) is 8. The largest absolute Gasteiger partial charge is 0.450 e. The van der Waals surface area contributed by atoms with Crippen molar-refractivity contribution >= 4 is 35.5 Å². The zero-order chi connectivity index (χ0) is 32.4. The van der Waals surface area contributed by atoms with Crippen molar-refractivity contribution in [3.05, 3.63) is 0 Å². The van der Waals surface area contributed by atoms with Crippen molar-refractivity contribution in [2.75, 3.05) is 40.4 Å². The molecule has 13 nitrogen and oxygen atoms in total. The molecule has 5 amide bonds. The summed E-state index contributed by atoms with van der Waals surface area (Å²) < 4.78 is 11.1. The van der Waals surface area contributed by atoms with Crippen LogP contribution in [-0.4, -0.2) is 121 Å². The Morgan fingerprint density at radius 1 is 0.953 bits per heavy atom. The highest BCUT2D eigenvalue weighted by Crippen LogP contribution is 2.23. The summed E-state index contributed by atoms with van der Waals surface area (Å²) in [6.45, 7) is 11.2. The number of amides is 5. The molecule has 0 radical (unpaired) electrons. The molecule has 2 fully saturated rings. The molecule has 43 heavy (non-hydrogen) atoms. The highest BCUT2D eigenvalue weighted by Gasteiger charge is 2.42. The number of likely N-dealkylation sites (N-methyl/N-ethyl adjacent to an activating group) is 2. The summed E-state index contributed by atoms with van der Waals surface area (Å²) in [7, 11) is 3.02. The van der Waals surface area contributed by atoms with Crippen LogP contribution in [0.25, 0.3) is 0 Å². The molecule has 244 valence electrons. The predicted molar refractivity (Wildman–Crippen MR) is 158 cm³/mol. The van der Waals surface area contributed by atoms with Crippen molar-refractivity contribution < 1.29 is 38.2 Å². The smallest absolute Gasteiger partial charge is 0.308 e. The molecule has 0 aromatic heterocycles. The lowest BCUT2D eigenvalue weighted by atomic mass is 9.94. The van der Waals surface area contributed by atoms with Gasteiger partial charge < -0.3 is 34.8 Å². The van der Waals surface area contributed by atoms with E-state index >= 15 is 0 Å². The third kappa shape index (κ3) is 9.14. The van der Waals surface area contributed by atoms with Crippen LogP contribution in [0.5, 0.6) is 0 Å². The maximum atomic E-state index is 13.9. The molecular formula is C30H51N5O8. The first kappa shape index (κ1) is 36.0. The molecule has 0 bridgehead atoms. The number of hydrogen-bond donors (Lipinski definition) is 2. The fraction of sp³-hybridized carbons (Fsp3) is 0.800. The van der Waals surface area contributed by atoms with E-state index in [4.69, 9.17) is 9.47 Å². The molecule has 2 N–H and O–H groups in total. The lowest BCUT2D eigenvalue weighted by Crippen LogP contribution is -2.61. The van der Waals surface area contributed by atoms with Gasteiger partial charge >= 0.3 is 5.97 Å². The summed E-state index contributed by atoms with van der Waals surface area (Å²) in [6.07, 6.45) is 0.734.